The number of nitrogens with one attached hydrogen (secondary N) is 1. The average Bonchev–Trinajstić information content (AvgIpc) is 2.85. The minimum Gasteiger partial charge on any atom is -0.394 e. The molecule has 0 bridgehead atoms. The Bertz CT molecular complexity index is 158. The van der Waals surface area contributed by atoms with Crippen LogP contribution in [0.2, 0.25) is 0 Å². The lowest BCUT2D eigenvalue weighted by molar-refractivity contribution is 0.0146. The van der Waals surface area contributed by atoms with Gasteiger partial charge in [0.25, 0.3) is 0 Å². The highest BCUT2D eigenvalue weighted by atomic mass is 16.5. The number of aliphatic hydroxyl groups is 1. The molecular formula is C10H21NO2. The van der Waals surface area contributed by atoms with E-state index >= 15 is 0 Å². The molecule has 3 nitrogen and oxygen atoms in total. The van der Waals surface area contributed by atoms with Crippen molar-refractivity contribution in [2.75, 3.05) is 20.3 Å². The van der Waals surface area contributed by atoms with E-state index < -0.39 is 0 Å². The number of aliphatic hydroxyl groups excluding tert-OH is 1. The molecule has 0 aliphatic heterocycles. The van der Waals surface area contributed by atoms with Crippen LogP contribution in [0.15, 0.2) is 0 Å². The molecule has 3 heteroatoms. The second-order valence-corrected chi connectivity index (χ2v) is 4.58. The molecule has 0 amide bonds. The maximum absolute atomic E-state index is 9.05. The lowest BCUT2D eigenvalue weighted by Crippen LogP contribution is -2.38. The van der Waals surface area contributed by atoms with Crippen LogP contribution in [0.25, 0.3) is 0 Å². The van der Waals surface area contributed by atoms with E-state index in [1.54, 1.807) is 7.11 Å². The third-order valence-electron chi connectivity index (χ3n) is 2.94. The lowest BCUT2D eigenvalue weighted by atomic mass is 10.1. The fourth-order valence-corrected chi connectivity index (χ4v) is 1.27. The molecule has 0 atom stereocenters. The van der Waals surface area contributed by atoms with Gasteiger partial charge in [-0.1, -0.05) is 0 Å². The summed E-state index contributed by atoms with van der Waals surface area (Å²) in [5.41, 5.74) is 0.00234. The highest BCUT2D eigenvalue weighted by Crippen LogP contribution is 2.34. The second kappa shape index (κ2) is 3.95. The largest absolute Gasteiger partial charge is 0.394 e. The van der Waals surface area contributed by atoms with Crippen LogP contribution in [0, 0.1) is 0 Å². The third-order valence-corrected chi connectivity index (χ3v) is 2.94. The van der Waals surface area contributed by atoms with E-state index in [4.69, 9.17) is 9.84 Å². The molecule has 0 radical (unpaired) electrons. The van der Waals surface area contributed by atoms with Gasteiger partial charge in [-0.05, 0) is 39.7 Å². The highest BCUT2D eigenvalue weighted by Gasteiger charge is 2.41. The Morgan fingerprint density at radius 2 is 2.08 bits per heavy atom. The van der Waals surface area contributed by atoms with E-state index in [0.29, 0.717) is 0 Å². The van der Waals surface area contributed by atoms with Crippen molar-refractivity contribution in [1.29, 1.82) is 0 Å². The van der Waals surface area contributed by atoms with Crippen molar-refractivity contribution < 1.29 is 9.84 Å². The van der Waals surface area contributed by atoms with E-state index in [2.05, 4.69) is 19.2 Å². The average molecular weight is 187 g/mol. The van der Waals surface area contributed by atoms with E-state index in [1.165, 1.54) is 0 Å². The van der Waals surface area contributed by atoms with Crippen molar-refractivity contribution in [1.82, 2.24) is 5.32 Å². The minimum atomic E-state index is -0.0570. The SMILES string of the molecule is COC(C)(C)CCNC1(CO)CC1. The van der Waals surface area contributed by atoms with Crippen molar-refractivity contribution in [2.24, 2.45) is 0 Å². The van der Waals surface area contributed by atoms with Gasteiger partial charge in [-0.3, -0.25) is 0 Å². The first-order valence-corrected chi connectivity index (χ1v) is 4.95. The van der Waals surface area contributed by atoms with Crippen LogP contribution in [0.3, 0.4) is 0 Å². The van der Waals surface area contributed by atoms with Gasteiger partial charge in [0, 0.05) is 12.6 Å². The quantitative estimate of drug-likeness (QED) is 0.649. The molecule has 1 aliphatic carbocycles. The number of rotatable bonds is 6. The summed E-state index contributed by atoms with van der Waals surface area (Å²) in [6.07, 6.45) is 3.19. The first-order chi connectivity index (χ1) is 6.04. The fourth-order valence-electron chi connectivity index (χ4n) is 1.27. The van der Waals surface area contributed by atoms with E-state index in [1.807, 2.05) is 0 Å². The monoisotopic (exact) mass is 187 g/mol. The molecule has 78 valence electrons. The summed E-state index contributed by atoms with van der Waals surface area (Å²) in [5, 5.41) is 12.4. The molecule has 13 heavy (non-hydrogen) atoms. The smallest absolute Gasteiger partial charge is 0.0634 e. The van der Waals surface area contributed by atoms with Crippen molar-refractivity contribution in [3.05, 3.63) is 0 Å². The molecule has 1 saturated carbocycles. The van der Waals surface area contributed by atoms with Crippen LogP contribution in [0.4, 0.5) is 0 Å². The zero-order valence-electron chi connectivity index (χ0n) is 8.89. The van der Waals surface area contributed by atoms with Crippen molar-refractivity contribution in [3.63, 3.8) is 0 Å². The molecule has 0 spiro atoms. The molecule has 0 aromatic rings. The van der Waals surface area contributed by atoms with E-state index in [9.17, 15) is 0 Å². The maximum atomic E-state index is 9.05. The van der Waals surface area contributed by atoms with Gasteiger partial charge in [0.15, 0.2) is 0 Å². The molecule has 0 unspecified atom stereocenters. The van der Waals surface area contributed by atoms with Gasteiger partial charge in [0.2, 0.25) is 0 Å². The fraction of sp³-hybridized carbons (Fsp3) is 1.00. The predicted molar refractivity (Wildman–Crippen MR) is 52.8 cm³/mol. The molecule has 0 aromatic heterocycles. The summed E-state index contributed by atoms with van der Waals surface area (Å²) in [4.78, 5) is 0. The van der Waals surface area contributed by atoms with E-state index in [0.717, 1.165) is 25.8 Å². The van der Waals surface area contributed by atoms with Crippen molar-refractivity contribution in [2.45, 2.75) is 44.2 Å². The number of methoxy groups -OCH3 is 1. The molecule has 0 saturated heterocycles. The maximum Gasteiger partial charge on any atom is 0.0634 e. The summed E-state index contributed by atoms with van der Waals surface area (Å²) >= 11 is 0. The molecule has 0 aromatic carbocycles. The van der Waals surface area contributed by atoms with Gasteiger partial charge in [-0.2, -0.15) is 0 Å². The van der Waals surface area contributed by atoms with Crippen molar-refractivity contribution >= 4 is 0 Å². The molecule has 0 heterocycles. The Morgan fingerprint density at radius 1 is 1.46 bits per heavy atom. The standard InChI is InChI=1S/C10H21NO2/c1-9(2,13-3)6-7-11-10(8-12)4-5-10/h11-12H,4-8H2,1-3H3. The van der Waals surface area contributed by atoms with Crippen LogP contribution in [0.1, 0.15) is 33.1 Å². The highest BCUT2D eigenvalue weighted by molar-refractivity contribution is 5.01. The van der Waals surface area contributed by atoms with Crippen LogP contribution >= 0.6 is 0 Å². The number of hydrogen-bond donors (Lipinski definition) is 2. The van der Waals surface area contributed by atoms with Crippen molar-refractivity contribution in [3.8, 4) is 0 Å². The molecule has 2 N–H and O–H groups in total. The lowest BCUT2D eigenvalue weighted by Gasteiger charge is -2.24. The first-order valence-electron chi connectivity index (χ1n) is 4.95. The second-order valence-electron chi connectivity index (χ2n) is 4.58. The molecule has 1 aliphatic rings. The Kier molecular flexibility index (Phi) is 3.33. The van der Waals surface area contributed by atoms with Gasteiger partial charge >= 0.3 is 0 Å². The summed E-state index contributed by atoms with van der Waals surface area (Å²) in [5.74, 6) is 0. The third kappa shape index (κ3) is 3.25. The normalized spacial score (nSPS) is 20.3. The molecular weight excluding hydrogens is 166 g/mol. The van der Waals surface area contributed by atoms with Gasteiger partial charge in [-0.25, -0.2) is 0 Å². The Labute approximate surface area is 80.5 Å². The Morgan fingerprint density at radius 3 is 2.46 bits per heavy atom. The molecule has 1 rings (SSSR count). The summed E-state index contributed by atoms with van der Waals surface area (Å²) in [6.45, 7) is 5.34. The van der Waals surface area contributed by atoms with Gasteiger partial charge in [0.1, 0.15) is 0 Å². The summed E-state index contributed by atoms with van der Waals surface area (Å²) < 4.78 is 5.30. The number of ether oxygens (including phenoxy) is 1. The Balaban J connectivity index is 2.14. The zero-order valence-corrected chi connectivity index (χ0v) is 8.89. The van der Waals surface area contributed by atoms with Gasteiger partial charge in [-0.15, -0.1) is 0 Å². The zero-order chi connectivity index (χ0) is 9.95. The minimum absolute atomic E-state index is 0.0570. The van der Waals surface area contributed by atoms with Crippen LogP contribution in [-0.2, 0) is 4.74 Å². The first kappa shape index (κ1) is 11.0. The number of hydrogen-bond acceptors (Lipinski definition) is 3. The predicted octanol–water partition coefficient (Wildman–Crippen LogP) is 0.916. The van der Waals surface area contributed by atoms with Gasteiger partial charge < -0.3 is 15.2 Å². The molecule has 1 fully saturated rings. The topological polar surface area (TPSA) is 41.5 Å². The summed E-state index contributed by atoms with van der Waals surface area (Å²) in [7, 11) is 1.74. The van der Waals surface area contributed by atoms with Crippen LogP contribution < -0.4 is 5.32 Å². The van der Waals surface area contributed by atoms with Gasteiger partial charge in [0.05, 0.1) is 12.2 Å². The van der Waals surface area contributed by atoms with Crippen LogP contribution in [0.5, 0.6) is 0 Å². The Hall–Kier alpha value is -0.120. The summed E-state index contributed by atoms with van der Waals surface area (Å²) in [6, 6.07) is 0. The van der Waals surface area contributed by atoms with Crippen LogP contribution in [-0.4, -0.2) is 36.5 Å². The van der Waals surface area contributed by atoms with E-state index in [-0.39, 0.29) is 17.7 Å².